The lowest BCUT2D eigenvalue weighted by atomic mass is 10.0. The van der Waals surface area contributed by atoms with E-state index in [1.807, 2.05) is 19.1 Å². The predicted octanol–water partition coefficient (Wildman–Crippen LogP) is 1.25. The highest BCUT2D eigenvalue weighted by molar-refractivity contribution is 6.00. The fourth-order valence-electron chi connectivity index (χ4n) is 2.80. The van der Waals surface area contributed by atoms with Gasteiger partial charge in [0.2, 0.25) is 11.9 Å². The second kappa shape index (κ2) is 5.41. The number of anilines is 1. The Kier molecular flexibility index (Phi) is 3.23. The first kappa shape index (κ1) is 14.3. The Morgan fingerprint density at radius 2 is 2.12 bits per heavy atom. The van der Waals surface area contributed by atoms with Gasteiger partial charge in [0, 0.05) is 17.5 Å². The van der Waals surface area contributed by atoms with E-state index in [1.54, 1.807) is 28.8 Å². The van der Waals surface area contributed by atoms with Gasteiger partial charge in [-0.15, -0.1) is 10.2 Å². The third-order valence-electron chi connectivity index (χ3n) is 3.95. The topological polar surface area (TPSA) is 101 Å². The molecule has 2 amide bonds. The van der Waals surface area contributed by atoms with Crippen LogP contribution in [0.4, 0.5) is 5.95 Å². The zero-order valence-electron chi connectivity index (χ0n) is 12.9. The molecule has 1 aliphatic heterocycles. The van der Waals surface area contributed by atoms with Crippen molar-refractivity contribution >= 4 is 23.5 Å². The molecule has 24 heavy (non-hydrogen) atoms. The number of hydrogen-bond donors (Lipinski definition) is 2. The first-order valence-corrected chi connectivity index (χ1v) is 7.50. The molecule has 120 valence electrons. The van der Waals surface area contributed by atoms with Crippen molar-refractivity contribution in [2.45, 2.75) is 19.4 Å². The molecule has 4 rings (SSSR count). The summed E-state index contributed by atoms with van der Waals surface area (Å²) in [6.07, 6.45) is 1.87. The fraction of sp³-hybridized carbons (Fsp3) is 0.188. The molecule has 1 atom stereocenters. The Bertz CT molecular complexity index is 964. The maximum Gasteiger partial charge on any atom is 0.256 e. The molecule has 0 radical (unpaired) electrons. The quantitative estimate of drug-likeness (QED) is 0.755. The smallest absolute Gasteiger partial charge is 0.256 e. The molecule has 0 saturated carbocycles. The number of nitrogens with one attached hydrogen (secondary N) is 2. The second-order valence-electron chi connectivity index (χ2n) is 5.63. The Morgan fingerprint density at radius 3 is 3.00 bits per heavy atom. The van der Waals surface area contributed by atoms with Gasteiger partial charge in [0.1, 0.15) is 0 Å². The van der Waals surface area contributed by atoms with E-state index in [-0.39, 0.29) is 24.3 Å². The van der Waals surface area contributed by atoms with E-state index in [4.69, 9.17) is 0 Å². The molecule has 0 spiro atoms. The number of nitrogens with zero attached hydrogens (tertiary/aromatic N) is 4. The van der Waals surface area contributed by atoms with Gasteiger partial charge in [0.15, 0.2) is 0 Å². The monoisotopic (exact) mass is 322 g/mol. The Hall–Kier alpha value is -3.29. The summed E-state index contributed by atoms with van der Waals surface area (Å²) in [4.78, 5) is 28.5. The van der Waals surface area contributed by atoms with Crippen molar-refractivity contribution in [3.63, 3.8) is 0 Å². The van der Waals surface area contributed by atoms with Gasteiger partial charge in [0.05, 0.1) is 12.5 Å². The average Bonchev–Trinajstić information content (AvgIpc) is 3.09. The summed E-state index contributed by atoms with van der Waals surface area (Å²) in [6.45, 7) is 1.85. The first-order valence-electron chi connectivity index (χ1n) is 7.50. The average molecular weight is 322 g/mol. The minimum Gasteiger partial charge on any atom is -0.345 e. The molecule has 8 nitrogen and oxygen atoms in total. The van der Waals surface area contributed by atoms with Crippen LogP contribution in [0.3, 0.4) is 0 Å². The molecule has 0 aliphatic carbocycles. The van der Waals surface area contributed by atoms with E-state index in [0.717, 1.165) is 11.3 Å². The molecule has 2 aromatic heterocycles. The highest BCUT2D eigenvalue weighted by Crippen LogP contribution is 2.27. The number of aromatic nitrogens is 4. The second-order valence-corrected chi connectivity index (χ2v) is 5.63. The molecule has 1 aromatic carbocycles. The van der Waals surface area contributed by atoms with Crippen LogP contribution in [-0.4, -0.2) is 31.4 Å². The van der Waals surface area contributed by atoms with E-state index < -0.39 is 0 Å². The van der Waals surface area contributed by atoms with Crippen LogP contribution in [0.15, 0.2) is 36.5 Å². The maximum absolute atomic E-state index is 12.3. The minimum atomic E-state index is -0.340. The van der Waals surface area contributed by atoms with Crippen molar-refractivity contribution in [3.8, 4) is 0 Å². The van der Waals surface area contributed by atoms with Crippen molar-refractivity contribution < 1.29 is 9.59 Å². The molecule has 1 aliphatic rings. The number of hydrogen-bond acceptors (Lipinski definition) is 5. The summed E-state index contributed by atoms with van der Waals surface area (Å²) in [5, 5.41) is 13.4. The lowest BCUT2D eigenvalue weighted by molar-refractivity contribution is -0.116. The molecule has 3 aromatic rings. The third-order valence-corrected chi connectivity index (χ3v) is 3.95. The Labute approximate surface area is 136 Å². The fourth-order valence-corrected chi connectivity index (χ4v) is 2.80. The molecule has 8 heteroatoms. The van der Waals surface area contributed by atoms with Gasteiger partial charge in [-0.2, -0.15) is 0 Å². The van der Waals surface area contributed by atoms with Crippen molar-refractivity contribution in [3.05, 3.63) is 53.3 Å². The summed E-state index contributed by atoms with van der Waals surface area (Å²) in [5.41, 5.74) is 2.27. The van der Waals surface area contributed by atoms with Gasteiger partial charge in [-0.3, -0.25) is 19.3 Å². The zero-order valence-corrected chi connectivity index (χ0v) is 12.9. The largest absolute Gasteiger partial charge is 0.345 e. The van der Waals surface area contributed by atoms with Crippen LogP contribution in [0.1, 0.15) is 34.1 Å². The number of fused-ring (bicyclic) bond motifs is 2. The first-order chi connectivity index (χ1) is 11.6. The number of amides is 2. The highest BCUT2D eigenvalue weighted by atomic mass is 16.2. The SMILES string of the molecule is Cc1ccn2c(NC(=O)CC3NC(=O)c4ccccc43)nnc2n1. The number of carbonyl (C=O) groups is 2. The normalized spacial score (nSPS) is 16.0. The summed E-state index contributed by atoms with van der Waals surface area (Å²) < 4.78 is 1.60. The standard InChI is InChI=1S/C16H14N6O2/c1-9-6-7-22-15(17-9)20-21-16(22)19-13(23)8-12-10-4-2-3-5-11(10)14(24)18-12/h2-7,12H,8H2,1H3,(H,18,24)(H,19,21,23). The number of benzene rings is 1. The van der Waals surface area contributed by atoms with Gasteiger partial charge in [-0.05, 0) is 24.6 Å². The summed E-state index contributed by atoms with van der Waals surface area (Å²) >= 11 is 0. The van der Waals surface area contributed by atoms with Crippen molar-refractivity contribution in [2.24, 2.45) is 0 Å². The van der Waals surface area contributed by atoms with Crippen LogP contribution >= 0.6 is 0 Å². The zero-order chi connectivity index (χ0) is 16.7. The van der Waals surface area contributed by atoms with E-state index in [9.17, 15) is 9.59 Å². The van der Waals surface area contributed by atoms with E-state index in [0.29, 0.717) is 17.3 Å². The van der Waals surface area contributed by atoms with Gasteiger partial charge < -0.3 is 5.32 Å². The third kappa shape index (κ3) is 2.37. The Morgan fingerprint density at radius 1 is 1.29 bits per heavy atom. The van der Waals surface area contributed by atoms with Crippen LogP contribution in [0.25, 0.3) is 5.78 Å². The molecule has 0 saturated heterocycles. The van der Waals surface area contributed by atoms with Crippen LogP contribution in [0, 0.1) is 6.92 Å². The molecule has 1 unspecified atom stereocenters. The van der Waals surface area contributed by atoms with E-state index >= 15 is 0 Å². The van der Waals surface area contributed by atoms with Gasteiger partial charge >= 0.3 is 0 Å². The Balaban J connectivity index is 1.52. The minimum absolute atomic E-state index is 0.122. The van der Waals surface area contributed by atoms with Crippen LogP contribution in [0.5, 0.6) is 0 Å². The van der Waals surface area contributed by atoms with Gasteiger partial charge in [-0.1, -0.05) is 18.2 Å². The lowest BCUT2D eigenvalue weighted by Crippen LogP contribution is -2.24. The van der Waals surface area contributed by atoms with Crippen molar-refractivity contribution in [1.82, 2.24) is 24.9 Å². The van der Waals surface area contributed by atoms with Crippen molar-refractivity contribution in [1.29, 1.82) is 0 Å². The molecule has 0 bridgehead atoms. The predicted molar refractivity (Wildman–Crippen MR) is 85.4 cm³/mol. The van der Waals surface area contributed by atoms with E-state index in [2.05, 4.69) is 25.8 Å². The molecule has 3 heterocycles. The van der Waals surface area contributed by atoms with Gasteiger partial charge in [-0.25, -0.2) is 4.98 Å². The maximum atomic E-state index is 12.3. The summed E-state index contributed by atoms with van der Waals surface area (Å²) in [7, 11) is 0. The summed E-state index contributed by atoms with van der Waals surface area (Å²) in [6, 6.07) is 8.72. The highest BCUT2D eigenvalue weighted by Gasteiger charge is 2.29. The summed E-state index contributed by atoms with van der Waals surface area (Å²) in [5.74, 6) is 0.313. The molecule has 0 fully saturated rings. The molecular weight excluding hydrogens is 308 g/mol. The molecular formula is C16H14N6O2. The number of rotatable bonds is 3. The number of carbonyl (C=O) groups excluding carboxylic acids is 2. The van der Waals surface area contributed by atoms with Crippen LogP contribution in [0.2, 0.25) is 0 Å². The van der Waals surface area contributed by atoms with Crippen molar-refractivity contribution in [2.75, 3.05) is 5.32 Å². The van der Waals surface area contributed by atoms with Crippen LogP contribution in [-0.2, 0) is 4.79 Å². The lowest BCUT2D eigenvalue weighted by Gasteiger charge is -2.11. The van der Waals surface area contributed by atoms with E-state index in [1.165, 1.54) is 0 Å². The number of aryl methyl sites for hydroxylation is 1. The molecule has 2 N–H and O–H groups in total. The van der Waals surface area contributed by atoms with Crippen LogP contribution < -0.4 is 10.6 Å². The van der Waals surface area contributed by atoms with Gasteiger partial charge in [0.25, 0.3) is 11.7 Å².